The number of hydrogen-bond donors (Lipinski definition) is 1. The largest absolute Gasteiger partial charge is 0.496 e. The van der Waals surface area contributed by atoms with Gasteiger partial charge in [-0.05, 0) is 49.8 Å². The van der Waals surface area contributed by atoms with Crippen LogP contribution in [0.2, 0.25) is 0 Å². The van der Waals surface area contributed by atoms with E-state index in [0.717, 1.165) is 23.8 Å². The molecule has 0 radical (unpaired) electrons. The number of methoxy groups -OCH3 is 1. The van der Waals surface area contributed by atoms with Gasteiger partial charge >= 0.3 is 0 Å². The molecule has 3 heteroatoms. The summed E-state index contributed by atoms with van der Waals surface area (Å²) in [5.74, 6) is 1.73. The molecule has 0 atom stereocenters. The topological polar surface area (TPSA) is 45.0 Å². The number of ether oxygens (including phenoxy) is 1. The number of rotatable bonds is 4. The summed E-state index contributed by atoms with van der Waals surface area (Å²) in [6.07, 6.45) is 5.13. The lowest BCUT2D eigenvalue weighted by molar-refractivity contribution is 0.305. The molecule has 1 aromatic carbocycles. The van der Waals surface area contributed by atoms with E-state index in [0.29, 0.717) is 11.6 Å². The van der Waals surface area contributed by atoms with Crippen molar-refractivity contribution in [3.8, 4) is 11.8 Å². The second kappa shape index (κ2) is 6.58. The van der Waals surface area contributed by atoms with Crippen LogP contribution in [0.1, 0.15) is 43.7 Å². The lowest BCUT2D eigenvalue weighted by Gasteiger charge is -2.27. The molecule has 1 aromatic rings. The first kappa shape index (κ1) is 13.9. The Morgan fingerprint density at radius 3 is 2.68 bits per heavy atom. The quantitative estimate of drug-likeness (QED) is 0.901. The summed E-state index contributed by atoms with van der Waals surface area (Å²) in [6.45, 7) is 3.10. The van der Waals surface area contributed by atoms with Gasteiger partial charge in [-0.15, -0.1) is 0 Å². The van der Waals surface area contributed by atoms with Gasteiger partial charge in [0, 0.05) is 18.2 Å². The van der Waals surface area contributed by atoms with E-state index in [-0.39, 0.29) is 0 Å². The predicted molar refractivity (Wildman–Crippen MR) is 76.0 cm³/mol. The molecule has 0 bridgehead atoms. The minimum atomic E-state index is 0.603. The molecule has 102 valence electrons. The Bertz CT molecular complexity index is 456. The summed E-state index contributed by atoms with van der Waals surface area (Å²) in [5.41, 5.74) is 1.76. The van der Waals surface area contributed by atoms with E-state index in [1.807, 2.05) is 12.1 Å². The normalized spacial score (nSPS) is 22.8. The van der Waals surface area contributed by atoms with Gasteiger partial charge in [0.05, 0.1) is 18.7 Å². The minimum Gasteiger partial charge on any atom is -0.496 e. The molecule has 2 rings (SSSR count). The lowest BCUT2D eigenvalue weighted by atomic mass is 9.87. The van der Waals surface area contributed by atoms with E-state index in [1.54, 1.807) is 13.2 Å². The minimum absolute atomic E-state index is 0.603. The smallest absolute Gasteiger partial charge is 0.123 e. The van der Waals surface area contributed by atoms with Crippen LogP contribution in [0.4, 0.5) is 0 Å². The second-order valence-electron chi connectivity index (χ2n) is 5.48. The molecule has 0 aliphatic heterocycles. The van der Waals surface area contributed by atoms with Crippen LogP contribution < -0.4 is 10.1 Å². The van der Waals surface area contributed by atoms with Gasteiger partial charge in [-0.3, -0.25) is 0 Å². The van der Waals surface area contributed by atoms with Crippen molar-refractivity contribution >= 4 is 0 Å². The van der Waals surface area contributed by atoms with Crippen molar-refractivity contribution in [2.45, 2.75) is 45.2 Å². The summed E-state index contributed by atoms with van der Waals surface area (Å²) in [5, 5.41) is 12.6. The highest BCUT2D eigenvalue weighted by molar-refractivity contribution is 5.42. The van der Waals surface area contributed by atoms with Gasteiger partial charge in [-0.2, -0.15) is 5.26 Å². The van der Waals surface area contributed by atoms with Gasteiger partial charge in [0.25, 0.3) is 0 Å². The van der Waals surface area contributed by atoms with Crippen LogP contribution in [0.25, 0.3) is 0 Å². The van der Waals surface area contributed by atoms with Crippen LogP contribution >= 0.6 is 0 Å². The molecule has 19 heavy (non-hydrogen) atoms. The van der Waals surface area contributed by atoms with Crippen molar-refractivity contribution in [1.29, 1.82) is 5.26 Å². The van der Waals surface area contributed by atoms with Crippen LogP contribution in [0, 0.1) is 17.2 Å². The standard InChI is InChI=1S/C16H22N2O/c1-12-3-6-15(7-4-12)18-11-14-9-13(10-17)5-8-16(14)19-2/h5,8-9,12,15,18H,3-4,6-7,11H2,1-2H3. The first-order valence-electron chi connectivity index (χ1n) is 7.03. The Morgan fingerprint density at radius 2 is 2.05 bits per heavy atom. The van der Waals surface area contributed by atoms with Crippen LogP contribution in [0.3, 0.4) is 0 Å². The third-order valence-corrected chi connectivity index (χ3v) is 4.01. The summed E-state index contributed by atoms with van der Waals surface area (Å²) in [6, 6.07) is 8.37. The SMILES string of the molecule is COc1ccc(C#N)cc1CNC1CCC(C)CC1. The predicted octanol–water partition coefficient (Wildman–Crippen LogP) is 3.24. The maximum atomic E-state index is 8.96. The number of hydrogen-bond acceptors (Lipinski definition) is 3. The average molecular weight is 258 g/mol. The molecule has 1 aliphatic carbocycles. The highest BCUT2D eigenvalue weighted by Gasteiger charge is 2.18. The van der Waals surface area contributed by atoms with Crippen molar-refractivity contribution in [1.82, 2.24) is 5.32 Å². The molecule has 0 spiro atoms. The van der Waals surface area contributed by atoms with E-state index >= 15 is 0 Å². The zero-order valence-corrected chi connectivity index (χ0v) is 11.8. The van der Waals surface area contributed by atoms with Gasteiger partial charge in [0.2, 0.25) is 0 Å². The molecule has 0 aromatic heterocycles. The Balaban J connectivity index is 1.96. The zero-order valence-electron chi connectivity index (χ0n) is 11.8. The van der Waals surface area contributed by atoms with Crippen molar-refractivity contribution in [3.05, 3.63) is 29.3 Å². The monoisotopic (exact) mass is 258 g/mol. The van der Waals surface area contributed by atoms with Crippen LogP contribution in [0.5, 0.6) is 5.75 Å². The highest BCUT2D eigenvalue weighted by Crippen LogP contribution is 2.25. The molecule has 0 unspecified atom stereocenters. The molecule has 0 amide bonds. The molecule has 1 saturated carbocycles. The number of nitrogens with zero attached hydrogens (tertiary/aromatic N) is 1. The third-order valence-electron chi connectivity index (χ3n) is 4.01. The molecule has 1 aliphatic rings. The average Bonchev–Trinajstić information content (AvgIpc) is 2.46. The number of nitrogens with one attached hydrogen (secondary N) is 1. The van der Waals surface area contributed by atoms with E-state index < -0.39 is 0 Å². The molecular weight excluding hydrogens is 236 g/mol. The maximum absolute atomic E-state index is 8.96. The van der Waals surface area contributed by atoms with Gasteiger partial charge in [-0.1, -0.05) is 6.92 Å². The highest BCUT2D eigenvalue weighted by atomic mass is 16.5. The zero-order chi connectivity index (χ0) is 13.7. The van der Waals surface area contributed by atoms with Gasteiger partial charge in [0.1, 0.15) is 5.75 Å². The fraction of sp³-hybridized carbons (Fsp3) is 0.562. The van der Waals surface area contributed by atoms with Crippen molar-refractivity contribution in [2.24, 2.45) is 5.92 Å². The maximum Gasteiger partial charge on any atom is 0.123 e. The Hall–Kier alpha value is -1.53. The molecule has 1 fully saturated rings. The summed E-state index contributed by atoms with van der Waals surface area (Å²) >= 11 is 0. The summed E-state index contributed by atoms with van der Waals surface area (Å²) in [4.78, 5) is 0. The van der Waals surface area contributed by atoms with Crippen LogP contribution in [0.15, 0.2) is 18.2 Å². The van der Waals surface area contributed by atoms with E-state index in [9.17, 15) is 0 Å². The Morgan fingerprint density at radius 1 is 1.32 bits per heavy atom. The van der Waals surface area contributed by atoms with Crippen LogP contribution in [-0.2, 0) is 6.54 Å². The van der Waals surface area contributed by atoms with Crippen molar-refractivity contribution < 1.29 is 4.74 Å². The fourth-order valence-corrected chi connectivity index (χ4v) is 2.70. The molecule has 0 saturated heterocycles. The van der Waals surface area contributed by atoms with Gasteiger partial charge in [0.15, 0.2) is 0 Å². The lowest BCUT2D eigenvalue weighted by Crippen LogP contribution is -2.32. The van der Waals surface area contributed by atoms with Gasteiger partial charge in [-0.25, -0.2) is 0 Å². The van der Waals surface area contributed by atoms with E-state index in [2.05, 4.69) is 18.3 Å². The molecule has 3 nitrogen and oxygen atoms in total. The molecular formula is C16H22N2O. The van der Waals surface area contributed by atoms with Crippen LogP contribution in [-0.4, -0.2) is 13.2 Å². The number of benzene rings is 1. The van der Waals surface area contributed by atoms with Crippen molar-refractivity contribution in [3.63, 3.8) is 0 Å². The fourth-order valence-electron chi connectivity index (χ4n) is 2.70. The van der Waals surface area contributed by atoms with E-state index in [1.165, 1.54) is 25.7 Å². The Labute approximate surface area is 115 Å². The first-order chi connectivity index (χ1) is 9.22. The third kappa shape index (κ3) is 3.71. The second-order valence-corrected chi connectivity index (χ2v) is 5.48. The molecule has 1 N–H and O–H groups in total. The molecule has 0 heterocycles. The first-order valence-corrected chi connectivity index (χ1v) is 7.03. The number of nitriles is 1. The summed E-state index contributed by atoms with van der Waals surface area (Å²) < 4.78 is 5.35. The van der Waals surface area contributed by atoms with Crippen molar-refractivity contribution in [2.75, 3.05) is 7.11 Å². The summed E-state index contributed by atoms with van der Waals surface area (Å²) in [7, 11) is 1.67. The van der Waals surface area contributed by atoms with E-state index in [4.69, 9.17) is 10.00 Å². The van der Waals surface area contributed by atoms with Gasteiger partial charge < -0.3 is 10.1 Å². The Kier molecular flexibility index (Phi) is 4.81.